The molecule has 0 unspecified atom stereocenters. The van der Waals surface area contributed by atoms with E-state index in [0.717, 1.165) is 5.56 Å². The molecule has 2 rings (SSSR count). The van der Waals surface area contributed by atoms with E-state index in [1.54, 1.807) is 31.4 Å². The van der Waals surface area contributed by atoms with Gasteiger partial charge in [0, 0.05) is 0 Å². The Morgan fingerprint density at radius 1 is 1.08 bits per heavy atom. The summed E-state index contributed by atoms with van der Waals surface area (Å²) in [7, 11) is 1.55. The van der Waals surface area contributed by atoms with E-state index >= 15 is 0 Å². The van der Waals surface area contributed by atoms with Gasteiger partial charge in [-0.3, -0.25) is 25.2 Å². The van der Waals surface area contributed by atoms with Gasteiger partial charge in [-0.05, 0) is 29.8 Å². The molecule has 0 atom stereocenters. The van der Waals surface area contributed by atoms with Crippen molar-refractivity contribution < 1.29 is 28.3 Å². The Labute approximate surface area is 137 Å². The van der Waals surface area contributed by atoms with Crippen molar-refractivity contribution in [2.45, 2.75) is 6.42 Å². The lowest BCUT2D eigenvalue weighted by Gasteiger charge is -2.07. The molecule has 0 aliphatic rings. The molecule has 24 heavy (non-hydrogen) atoms. The molecule has 8 nitrogen and oxygen atoms in total. The number of hydrazine groups is 1. The van der Waals surface area contributed by atoms with Gasteiger partial charge in [0.05, 0.1) is 19.8 Å². The van der Waals surface area contributed by atoms with Gasteiger partial charge in [-0.1, -0.05) is 12.1 Å². The third kappa shape index (κ3) is 5.16. The number of esters is 1. The molecule has 8 heteroatoms. The van der Waals surface area contributed by atoms with Crippen molar-refractivity contribution in [3.8, 4) is 5.75 Å². The van der Waals surface area contributed by atoms with E-state index < -0.39 is 24.4 Å². The number of hydrogen-bond donors (Lipinski definition) is 2. The molecule has 0 fully saturated rings. The summed E-state index contributed by atoms with van der Waals surface area (Å²) in [6, 6.07) is 9.88. The van der Waals surface area contributed by atoms with Crippen LogP contribution in [0.2, 0.25) is 0 Å². The maximum absolute atomic E-state index is 11.7. The van der Waals surface area contributed by atoms with Gasteiger partial charge in [0.2, 0.25) is 0 Å². The van der Waals surface area contributed by atoms with Crippen LogP contribution >= 0.6 is 0 Å². The van der Waals surface area contributed by atoms with Crippen LogP contribution in [0.15, 0.2) is 47.1 Å². The molecular formula is C16H16N2O6. The Hall–Kier alpha value is -3.29. The Kier molecular flexibility index (Phi) is 5.95. The molecule has 0 spiro atoms. The van der Waals surface area contributed by atoms with Gasteiger partial charge in [-0.15, -0.1) is 0 Å². The minimum Gasteiger partial charge on any atom is -0.497 e. The van der Waals surface area contributed by atoms with Gasteiger partial charge in [0.15, 0.2) is 12.4 Å². The van der Waals surface area contributed by atoms with Crippen molar-refractivity contribution in [3.63, 3.8) is 0 Å². The summed E-state index contributed by atoms with van der Waals surface area (Å²) < 4.78 is 14.7. The van der Waals surface area contributed by atoms with Crippen LogP contribution in [0.5, 0.6) is 5.75 Å². The van der Waals surface area contributed by atoms with Crippen LogP contribution in [0.1, 0.15) is 16.1 Å². The van der Waals surface area contributed by atoms with Gasteiger partial charge < -0.3 is 13.9 Å². The summed E-state index contributed by atoms with van der Waals surface area (Å²) >= 11 is 0. The van der Waals surface area contributed by atoms with Gasteiger partial charge in [0.25, 0.3) is 5.91 Å². The standard InChI is InChI=1S/C16H16N2O6/c1-22-12-6-4-11(5-7-12)9-15(20)24-10-14(19)17-18-16(21)13-3-2-8-23-13/h2-8H,9-10H2,1H3,(H,17,19)(H,18,21). The number of carbonyl (C=O) groups excluding carboxylic acids is 3. The maximum atomic E-state index is 11.7. The topological polar surface area (TPSA) is 107 Å². The largest absolute Gasteiger partial charge is 0.497 e. The molecule has 2 aromatic rings. The fourth-order valence-electron chi connectivity index (χ4n) is 1.74. The highest BCUT2D eigenvalue weighted by atomic mass is 16.5. The molecule has 0 saturated heterocycles. The summed E-state index contributed by atoms with van der Waals surface area (Å²) in [5, 5.41) is 0. The van der Waals surface area contributed by atoms with Gasteiger partial charge in [0.1, 0.15) is 5.75 Å². The van der Waals surface area contributed by atoms with E-state index in [2.05, 4.69) is 10.9 Å². The molecule has 1 aromatic heterocycles. The van der Waals surface area contributed by atoms with E-state index in [0.29, 0.717) is 5.75 Å². The number of hydrogen-bond acceptors (Lipinski definition) is 6. The maximum Gasteiger partial charge on any atom is 0.310 e. The van der Waals surface area contributed by atoms with Gasteiger partial charge >= 0.3 is 11.9 Å². The van der Waals surface area contributed by atoms with Crippen molar-refractivity contribution in [2.75, 3.05) is 13.7 Å². The zero-order valence-corrected chi connectivity index (χ0v) is 12.9. The minimum absolute atomic E-state index is 0.0238. The van der Waals surface area contributed by atoms with Crippen molar-refractivity contribution in [1.82, 2.24) is 10.9 Å². The third-order valence-electron chi connectivity index (χ3n) is 2.93. The quantitative estimate of drug-likeness (QED) is 0.599. The molecule has 1 aromatic carbocycles. The van der Waals surface area contributed by atoms with Crippen molar-refractivity contribution in [2.24, 2.45) is 0 Å². The minimum atomic E-state index is -0.669. The summed E-state index contributed by atoms with van der Waals surface area (Å²) in [6.45, 7) is -0.507. The molecule has 1 heterocycles. The molecule has 0 radical (unpaired) electrons. The second-order valence-electron chi connectivity index (χ2n) is 4.67. The summed E-state index contributed by atoms with van der Waals surface area (Å²) in [6.07, 6.45) is 1.35. The van der Waals surface area contributed by atoms with Crippen molar-refractivity contribution in [3.05, 3.63) is 54.0 Å². The second-order valence-corrected chi connectivity index (χ2v) is 4.67. The van der Waals surface area contributed by atoms with Crippen LogP contribution in [0.3, 0.4) is 0 Å². The number of carbonyl (C=O) groups is 3. The predicted octanol–water partition coefficient (Wildman–Crippen LogP) is 0.835. The normalized spacial score (nSPS) is 9.88. The SMILES string of the molecule is COc1ccc(CC(=O)OCC(=O)NNC(=O)c2ccco2)cc1. The Balaban J connectivity index is 1.68. The number of amides is 2. The zero-order chi connectivity index (χ0) is 17.4. The molecule has 0 aliphatic heterocycles. The Morgan fingerprint density at radius 2 is 1.83 bits per heavy atom. The van der Waals surface area contributed by atoms with Crippen LogP contribution in [0.4, 0.5) is 0 Å². The lowest BCUT2D eigenvalue weighted by molar-refractivity contribution is -0.148. The first-order valence-corrected chi connectivity index (χ1v) is 6.99. The van der Waals surface area contributed by atoms with Crippen LogP contribution in [0, 0.1) is 0 Å². The fourth-order valence-corrected chi connectivity index (χ4v) is 1.74. The highest BCUT2D eigenvalue weighted by Gasteiger charge is 2.11. The highest BCUT2D eigenvalue weighted by Crippen LogP contribution is 2.11. The van der Waals surface area contributed by atoms with Crippen LogP contribution < -0.4 is 15.6 Å². The lowest BCUT2D eigenvalue weighted by Crippen LogP contribution is -2.43. The van der Waals surface area contributed by atoms with Crippen LogP contribution in [-0.4, -0.2) is 31.5 Å². The molecule has 2 N–H and O–H groups in total. The Bertz CT molecular complexity index is 694. The third-order valence-corrected chi connectivity index (χ3v) is 2.93. The number of ether oxygens (including phenoxy) is 2. The first-order valence-electron chi connectivity index (χ1n) is 6.99. The Morgan fingerprint density at radius 3 is 2.46 bits per heavy atom. The molecule has 0 bridgehead atoms. The number of furan rings is 1. The average Bonchev–Trinajstić information content (AvgIpc) is 3.13. The van der Waals surface area contributed by atoms with Gasteiger partial charge in [-0.2, -0.15) is 0 Å². The number of benzene rings is 1. The van der Waals surface area contributed by atoms with Gasteiger partial charge in [-0.25, -0.2) is 0 Å². The monoisotopic (exact) mass is 332 g/mol. The summed E-state index contributed by atoms with van der Waals surface area (Å²) in [5.74, 6) is -1.12. The van der Waals surface area contributed by atoms with E-state index in [-0.39, 0.29) is 12.2 Å². The van der Waals surface area contributed by atoms with E-state index in [4.69, 9.17) is 13.9 Å². The zero-order valence-electron chi connectivity index (χ0n) is 12.9. The fraction of sp³-hybridized carbons (Fsp3) is 0.188. The number of nitrogens with one attached hydrogen (secondary N) is 2. The van der Waals surface area contributed by atoms with Crippen molar-refractivity contribution >= 4 is 17.8 Å². The smallest absolute Gasteiger partial charge is 0.310 e. The molecule has 0 aliphatic carbocycles. The van der Waals surface area contributed by atoms with E-state index in [1.165, 1.54) is 18.4 Å². The predicted molar refractivity (Wildman–Crippen MR) is 82.0 cm³/mol. The van der Waals surface area contributed by atoms with Crippen LogP contribution in [0.25, 0.3) is 0 Å². The molecule has 0 saturated carbocycles. The summed E-state index contributed by atoms with van der Waals surface area (Å²) in [4.78, 5) is 34.7. The highest BCUT2D eigenvalue weighted by molar-refractivity contribution is 5.93. The average molecular weight is 332 g/mol. The molecule has 2 amide bonds. The van der Waals surface area contributed by atoms with Crippen molar-refractivity contribution in [1.29, 1.82) is 0 Å². The second kappa shape index (κ2) is 8.37. The lowest BCUT2D eigenvalue weighted by atomic mass is 10.1. The van der Waals surface area contributed by atoms with E-state index in [1.807, 2.05) is 0 Å². The first-order chi connectivity index (χ1) is 11.6. The van der Waals surface area contributed by atoms with Crippen LogP contribution in [-0.2, 0) is 20.7 Å². The number of rotatable bonds is 6. The molecule has 126 valence electrons. The van der Waals surface area contributed by atoms with E-state index in [9.17, 15) is 14.4 Å². The molecular weight excluding hydrogens is 316 g/mol. The first kappa shape index (κ1) is 17.1. The summed E-state index contributed by atoms with van der Waals surface area (Å²) in [5.41, 5.74) is 4.98. The number of methoxy groups -OCH3 is 1.